The van der Waals surface area contributed by atoms with Gasteiger partial charge in [0.25, 0.3) is 0 Å². The van der Waals surface area contributed by atoms with Crippen LogP contribution < -0.4 is 25.3 Å². The number of aromatic nitrogens is 3. The quantitative estimate of drug-likeness (QED) is 0.647. The van der Waals surface area contributed by atoms with Gasteiger partial charge in [0.1, 0.15) is 0 Å². The molecule has 9 heteroatoms. The first-order valence-electron chi connectivity index (χ1n) is 7.96. The van der Waals surface area contributed by atoms with Crippen LogP contribution in [-0.4, -0.2) is 41.2 Å². The van der Waals surface area contributed by atoms with Gasteiger partial charge in [-0.2, -0.15) is 9.67 Å². The zero-order valence-electron chi connectivity index (χ0n) is 15.1. The van der Waals surface area contributed by atoms with Crippen LogP contribution in [0.4, 0.5) is 11.6 Å². The van der Waals surface area contributed by atoms with Crippen LogP contribution in [0.15, 0.2) is 42.5 Å². The summed E-state index contributed by atoms with van der Waals surface area (Å²) in [6, 6.07) is 13.0. The molecule has 0 saturated carbocycles. The molecule has 0 aliphatic carbocycles. The number of anilines is 2. The lowest BCUT2D eigenvalue weighted by Gasteiger charge is -2.13. The molecule has 0 spiro atoms. The largest absolute Gasteiger partial charge is 0.493 e. The molecule has 1 heterocycles. The standard InChI is InChI=1S/C18H19N5O3S/c1-24-13-9-11(10-14(25-2)15(13)26-3)16-21-17(19)23(22-16)18(27)20-12-7-5-4-6-8-12/h4-10H,1-3H3,(H,20,27)(H2,19,21,22). The molecule has 3 rings (SSSR count). The average molecular weight is 385 g/mol. The smallest absolute Gasteiger partial charge is 0.226 e. The minimum atomic E-state index is 0.159. The van der Waals surface area contributed by atoms with Gasteiger partial charge in [0.2, 0.25) is 16.8 Å². The maximum atomic E-state index is 6.01. The van der Waals surface area contributed by atoms with Crippen molar-refractivity contribution in [3.05, 3.63) is 42.5 Å². The van der Waals surface area contributed by atoms with E-state index in [0.29, 0.717) is 33.7 Å². The minimum Gasteiger partial charge on any atom is -0.493 e. The second-order valence-electron chi connectivity index (χ2n) is 5.42. The van der Waals surface area contributed by atoms with E-state index < -0.39 is 0 Å². The molecular formula is C18H19N5O3S. The van der Waals surface area contributed by atoms with Crippen LogP contribution in [0.25, 0.3) is 11.4 Å². The highest BCUT2D eigenvalue weighted by molar-refractivity contribution is 7.80. The van der Waals surface area contributed by atoms with E-state index in [4.69, 9.17) is 32.2 Å². The van der Waals surface area contributed by atoms with Crippen molar-refractivity contribution in [3.8, 4) is 28.6 Å². The van der Waals surface area contributed by atoms with Crippen molar-refractivity contribution in [1.82, 2.24) is 14.8 Å². The molecule has 0 saturated heterocycles. The lowest BCUT2D eigenvalue weighted by Crippen LogP contribution is -2.22. The van der Waals surface area contributed by atoms with Gasteiger partial charge in [0.05, 0.1) is 21.3 Å². The van der Waals surface area contributed by atoms with Crippen molar-refractivity contribution in [2.45, 2.75) is 0 Å². The van der Waals surface area contributed by atoms with Crippen molar-refractivity contribution in [3.63, 3.8) is 0 Å². The molecule has 0 aliphatic heterocycles. The first kappa shape index (κ1) is 18.5. The van der Waals surface area contributed by atoms with Gasteiger partial charge in [-0.15, -0.1) is 5.10 Å². The number of methoxy groups -OCH3 is 3. The Bertz CT molecular complexity index is 934. The van der Waals surface area contributed by atoms with E-state index in [-0.39, 0.29) is 5.95 Å². The predicted octanol–water partition coefficient (Wildman–Crippen LogP) is 2.80. The number of ether oxygens (including phenoxy) is 3. The molecule has 0 bridgehead atoms. The third-order valence-electron chi connectivity index (χ3n) is 3.77. The molecule has 1 aromatic heterocycles. The van der Waals surface area contributed by atoms with E-state index in [2.05, 4.69) is 15.4 Å². The number of nitrogen functional groups attached to an aromatic ring is 1. The summed E-state index contributed by atoms with van der Waals surface area (Å²) < 4.78 is 17.4. The number of rotatable bonds is 5. The Hall–Kier alpha value is -3.33. The molecule has 0 aliphatic rings. The fourth-order valence-corrected chi connectivity index (χ4v) is 2.76. The maximum Gasteiger partial charge on any atom is 0.226 e. The molecule has 0 fully saturated rings. The van der Waals surface area contributed by atoms with E-state index in [9.17, 15) is 0 Å². The Morgan fingerprint density at radius 2 is 1.67 bits per heavy atom. The van der Waals surface area contributed by atoms with E-state index in [1.54, 1.807) is 33.5 Å². The maximum absolute atomic E-state index is 6.01. The number of para-hydroxylation sites is 1. The summed E-state index contributed by atoms with van der Waals surface area (Å²) in [5.41, 5.74) is 7.48. The van der Waals surface area contributed by atoms with Gasteiger partial charge in [-0.05, 0) is 36.5 Å². The van der Waals surface area contributed by atoms with Crippen molar-refractivity contribution in [2.24, 2.45) is 0 Å². The molecule has 27 heavy (non-hydrogen) atoms. The second-order valence-corrected chi connectivity index (χ2v) is 5.80. The highest BCUT2D eigenvalue weighted by Gasteiger charge is 2.18. The molecule has 3 aromatic rings. The summed E-state index contributed by atoms with van der Waals surface area (Å²) in [7, 11) is 4.62. The van der Waals surface area contributed by atoms with Crippen molar-refractivity contribution in [1.29, 1.82) is 0 Å². The molecule has 0 radical (unpaired) electrons. The van der Waals surface area contributed by atoms with Gasteiger partial charge < -0.3 is 25.3 Å². The van der Waals surface area contributed by atoms with Crippen molar-refractivity contribution in [2.75, 3.05) is 32.4 Å². The molecule has 0 atom stereocenters. The van der Waals surface area contributed by atoms with E-state index in [0.717, 1.165) is 5.69 Å². The Morgan fingerprint density at radius 3 is 2.22 bits per heavy atom. The minimum absolute atomic E-state index is 0.159. The third-order valence-corrected chi connectivity index (χ3v) is 4.05. The van der Waals surface area contributed by atoms with Crippen molar-refractivity contribution < 1.29 is 14.2 Å². The van der Waals surface area contributed by atoms with Gasteiger partial charge in [0, 0.05) is 11.3 Å². The molecule has 8 nitrogen and oxygen atoms in total. The Labute approximate surface area is 161 Å². The SMILES string of the molecule is COc1cc(-c2nc(N)n(C(=S)Nc3ccccc3)n2)cc(OC)c1OC. The van der Waals surface area contributed by atoms with E-state index in [1.807, 2.05) is 30.3 Å². The van der Waals surface area contributed by atoms with Gasteiger partial charge >= 0.3 is 0 Å². The van der Waals surface area contributed by atoms with E-state index >= 15 is 0 Å². The Kier molecular flexibility index (Phi) is 5.41. The summed E-state index contributed by atoms with van der Waals surface area (Å²) in [4.78, 5) is 4.30. The van der Waals surface area contributed by atoms with Gasteiger partial charge in [-0.3, -0.25) is 0 Å². The second kappa shape index (κ2) is 7.92. The van der Waals surface area contributed by atoms with Crippen LogP contribution in [0.3, 0.4) is 0 Å². The third kappa shape index (κ3) is 3.77. The Balaban J connectivity index is 1.95. The van der Waals surface area contributed by atoms with Crippen LogP contribution in [0.5, 0.6) is 17.2 Å². The zero-order chi connectivity index (χ0) is 19.4. The average Bonchev–Trinajstić information content (AvgIpc) is 3.09. The van der Waals surface area contributed by atoms with Crippen LogP contribution in [0.2, 0.25) is 0 Å². The molecular weight excluding hydrogens is 366 g/mol. The predicted molar refractivity (Wildman–Crippen MR) is 108 cm³/mol. The summed E-state index contributed by atoms with van der Waals surface area (Å²) in [6.45, 7) is 0. The van der Waals surface area contributed by atoms with E-state index in [1.165, 1.54) is 4.68 Å². The highest BCUT2D eigenvalue weighted by atomic mass is 32.1. The lowest BCUT2D eigenvalue weighted by molar-refractivity contribution is 0.324. The molecule has 0 unspecified atom stereocenters. The molecule has 2 aromatic carbocycles. The summed E-state index contributed by atoms with van der Waals surface area (Å²) in [6.07, 6.45) is 0. The number of hydrogen-bond acceptors (Lipinski definition) is 7. The lowest BCUT2D eigenvalue weighted by atomic mass is 10.1. The summed E-state index contributed by atoms with van der Waals surface area (Å²) >= 11 is 5.39. The first-order valence-corrected chi connectivity index (χ1v) is 8.37. The number of nitrogens with zero attached hydrogens (tertiary/aromatic N) is 3. The molecule has 3 N–H and O–H groups in total. The topological polar surface area (TPSA) is 96.5 Å². The number of hydrogen-bond donors (Lipinski definition) is 2. The number of benzene rings is 2. The van der Waals surface area contributed by atoms with Crippen molar-refractivity contribution >= 4 is 29.0 Å². The van der Waals surface area contributed by atoms with Crippen LogP contribution in [0, 0.1) is 0 Å². The van der Waals surface area contributed by atoms with Crippen LogP contribution in [-0.2, 0) is 0 Å². The number of nitrogens with one attached hydrogen (secondary N) is 1. The molecule has 140 valence electrons. The van der Waals surface area contributed by atoms with Gasteiger partial charge in [0.15, 0.2) is 17.3 Å². The number of thiocarbonyl (C=S) groups is 1. The fourth-order valence-electron chi connectivity index (χ4n) is 2.50. The number of nitrogens with two attached hydrogens (primary N) is 1. The first-order chi connectivity index (χ1) is 13.1. The van der Waals surface area contributed by atoms with Gasteiger partial charge in [-0.1, -0.05) is 18.2 Å². The Morgan fingerprint density at radius 1 is 1.04 bits per heavy atom. The fraction of sp³-hybridized carbons (Fsp3) is 0.167. The highest BCUT2D eigenvalue weighted by Crippen LogP contribution is 2.40. The van der Waals surface area contributed by atoms with Crippen LogP contribution in [0.1, 0.15) is 0 Å². The summed E-state index contributed by atoms with van der Waals surface area (Å²) in [5.74, 6) is 2.01. The van der Waals surface area contributed by atoms with Gasteiger partial charge in [-0.25, -0.2) is 0 Å². The zero-order valence-corrected chi connectivity index (χ0v) is 15.9. The normalized spacial score (nSPS) is 10.3. The monoisotopic (exact) mass is 385 g/mol. The molecule has 0 amide bonds. The summed E-state index contributed by atoms with van der Waals surface area (Å²) in [5, 5.41) is 7.79. The van der Waals surface area contributed by atoms with Crippen LogP contribution >= 0.6 is 12.2 Å².